The molecule has 0 heterocycles. The van der Waals surface area contributed by atoms with Gasteiger partial charge in [0.15, 0.2) is 11.4 Å². The van der Waals surface area contributed by atoms with Crippen LogP contribution >= 0.6 is 11.6 Å². The topological polar surface area (TPSA) is 165 Å². The van der Waals surface area contributed by atoms with E-state index in [4.69, 9.17) is 17.3 Å². The molecule has 2 unspecified atom stereocenters. The van der Waals surface area contributed by atoms with Crippen molar-refractivity contribution in [1.29, 1.82) is 0 Å². The summed E-state index contributed by atoms with van der Waals surface area (Å²) in [6, 6.07) is 0.760. The van der Waals surface area contributed by atoms with Crippen LogP contribution in [0.5, 0.6) is 5.75 Å². The number of fused-ring (bicyclic) bond motifs is 5. The average molecular weight is 642 g/mol. The number of aromatic hydroxyl groups is 1. The number of hydrogen-bond donors (Lipinski definition) is 5. The highest BCUT2D eigenvalue weighted by atomic mass is 35.5. The minimum absolute atomic E-state index is 0.0103. The van der Waals surface area contributed by atoms with E-state index >= 15 is 0 Å². The zero-order valence-electron chi connectivity index (χ0n) is 26.8. The van der Waals surface area contributed by atoms with E-state index < -0.39 is 58.0 Å². The van der Waals surface area contributed by atoms with E-state index in [9.17, 15) is 34.8 Å². The minimum Gasteiger partial charge on any atom is -0.508 e. The summed E-state index contributed by atoms with van der Waals surface area (Å²) in [5, 5.41) is 46.0. The van der Waals surface area contributed by atoms with Gasteiger partial charge in [-0.05, 0) is 92.6 Å². The Kier molecular flexibility index (Phi) is 7.33. The van der Waals surface area contributed by atoms with Crippen LogP contribution in [0.2, 0.25) is 5.02 Å². The minimum atomic E-state index is -2.67. The predicted molar refractivity (Wildman–Crippen MR) is 168 cm³/mol. The molecule has 6 N–H and O–H groups in total. The standard InChI is InChI=1S/C34H44ClN3O7/c1-7-38(21-13-17-8-9-33(21,4)32(17,2)3)14-16-12-20(39)23-18(25(16)35)10-15-11-19-26(37(5)6)28(41)24(31(36)44)30(43)34(19,45)29(42)22(15)27(23)40/h12,15,17,19,21,26,39-40,43,45H,7-11,13-14H2,1-6H3,(H2,36,44)/t15-,17?,19-,21+,26-,33?,34-/m0/s1. The first-order valence-electron chi connectivity index (χ1n) is 15.8. The van der Waals surface area contributed by atoms with Crippen molar-refractivity contribution in [2.45, 2.75) is 84.0 Å². The lowest BCUT2D eigenvalue weighted by Crippen LogP contribution is -2.65. The zero-order valence-corrected chi connectivity index (χ0v) is 27.5. The van der Waals surface area contributed by atoms with Crippen molar-refractivity contribution >= 4 is 34.8 Å². The first-order chi connectivity index (χ1) is 20.9. The number of aliphatic hydroxyl groups excluding tert-OH is 2. The lowest BCUT2D eigenvalue weighted by Gasteiger charge is -2.50. The third kappa shape index (κ3) is 4.08. The van der Waals surface area contributed by atoms with Crippen LogP contribution in [0.4, 0.5) is 0 Å². The van der Waals surface area contributed by atoms with Crippen molar-refractivity contribution in [2.24, 2.45) is 34.3 Å². The number of rotatable bonds is 6. The number of ketones is 2. The fourth-order valence-electron chi connectivity index (χ4n) is 9.84. The summed E-state index contributed by atoms with van der Waals surface area (Å²) >= 11 is 7.09. The first kappa shape index (κ1) is 32.0. The Labute approximate surface area is 268 Å². The van der Waals surface area contributed by atoms with Gasteiger partial charge in [-0.3, -0.25) is 24.2 Å². The largest absolute Gasteiger partial charge is 0.508 e. The van der Waals surface area contributed by atoms with Gasteiger partial charge in [0, 0.05) is 29.1 Å². The van der Waals surface area contributed by atoms with E-state index in [-0.39, 0.29) is 40.6 Å². The van der Waals surface area contributed by atoms with Gasteiger partial charge in [0.2, 0.25) is 5.78 Å². The van der Waals surface area contributed by atoms with Crippen LogP contribution in [0.1, 0.15) is 70.1 Å². The molecule has 45 heavy (non-hydrogen) atoms. The molecule has 2 bridgehead atoms. The number of phenolic OH excluding ortho intramolecular Hbond substituents is 1. The highest BCUT2D eigenvalue weighted by Crippen LogP contribution is 2.66. The molecule has 3 saturated carbocycles. The molecule has 11 heteroatoms. The van der Waals surface area contributed by atoms with Gasteiger partial charge in [-0.25, -0.2) is 0 Å². The molecule has 3 fully saturated rings. The molecule has 1 aromatic rings. The Morgan fingerprint density at radius 1 is 1.13 bits per heavy atom. The van der Waals surface area contributed by atoms with Crippen LogP contribution in [0, 0.1) is 28.6 Å². The maximum Gasteiger partial charge on any atom is 0.255 e. The van der Waals surface area contributed by atoms with E-state index in [1.165, 1.54) is 23.8 Å². The van der Waals surface area contributed by atoms with Crippen molar-refractivity contribution in [1.82, 2.24) is 9.80 Å². The van der Waals surface area contributed by atoms with E-state index in [0.717, 1.165) is 18.5 Å². The molecular formula is C34H44ClN3O7. The molecular weight excluding hydrogens is 598 g/mol. The summed E-state index contributed by atoms with van der Waals surface area (Å²) < 4.78 is 0. The number of likely N-dealkylation sites (N-methyl/N-ethyl adjacent to an activating group) is 1. The summed E-state index contributed by atoms with van der Waals surface area (Å²) in [6.07, 6.45) is 3.70. The van der Waals surface area contributed by atoms with Crippen LogP contribution in [0.15, 0.2) is 23.0 Å². The van der Waals surface area contributed by atoms with Crippen molar-refractivity contribution in [3.63, 3.8) is 0 Å². The normalized spacial score (nSPS) is 35.3. The third-order valence-corrected chi connectivity index (χ3v) is 13.2. The van der Waals surface area contributed by atoms with Gasteiger partial charge in [0.25, 0.3) is 5.91 Å². The summed E-state index contributed by atoms with van der Waals surface area (Å²) in [6.45, 7) is 10.6. The van der Waals surface area contributed by atoms with E-state index in [1.54, 1.807) is 14.1 Å². The summed E-state index contributed by atoms with van der Waals surface area (Å²) in [4.78, 5) is 43.5. The molecule has 7 atom stereocenters. The van der Waals surface area contributed by atoms with Crippen molar-refractivity contribution in [3.05, 3.63) is 44.7 Å². The highest BCUT2D eigenvalue weighted by Gasteiger charge is 2.65. The smallest absolute Gasteiger partial charge is 0.255 e. The summed E-state index contributed by atoms with van der Waals surface area (Å²) in [7, 11) is 3.15. The van der Waals surface area contributed by atoms with Crippen LogP contribution in [0.3, 0.4) is 0 Å². The quantitative estimate of drug-likeness (QED) is 0.292. The maximum absolute atomic E-state index is 14.1. The van der Waals surface area contributed by atoms with Gasteiger partial charge in [-0.15, -0.1) is 0 Å². The number of nitrogens with zero attached hydrogens (tertiary/aromatic N) is 2. The molecule has 6 rings (SSSR count). The lowest BCUT2D eigenvalue weighted by molar-refractivity contribution is -0.153. The van der Waals surface area contributed by atoms with E-state index in [1.807, 2.05) is 0 Å². The second kappa shape index (κ2) is 10.3. The highest BCUT2D eigenvalue weighted by molar-refractivity contribution is 6.32. The molecule has 0 aliphatic heterocycles. The molecule has 10 nitrogen and oxygen atoms in total. The van der Waals surface area contributed by atoms with Crippen LogP contribution in [-0.4, -0.2) is 86.0 Å². The summed E-state index contributed by atoms with van der Waals surface area (Å²) in [5.41, 5.74) is 3.31. The van der Waals surface area contributed by atoms with Crippen molar-refractivity contribution in [2.75, 3.05) is 20.6 Å². The SMILES string of the molecule is CCN(Cc1cc(O)c2c(c1Cl)C[C@H]1C[C@H]3[C@H](N(C)C)C(=O)C(C(N)=O)=C(O)[C@@]3(O)C(=O)C1=C2O)[C@@H]1CC2CCC1(C)C2(C)C. The Morgan fingerprint density at radius 2 is 1.80 bits per heavy atom. The van der Waals surface area contributed by atoms with Crippen LogP contribution in [0.25, 0.3) is 5.76 Å². The fraction of sp³-hybridized carbons (Fsp3) is 0.618. The number of hydrogen-bond acceptors (Lipinski definition) is 9. The zero-order chi connectivity index (χ0) is 33.1. The Hall–Kier alpha value is -2.92. The van der Waals surface area contributed by atoms with E-state index in [2.05, 4.69) is 32.6 Å². The third-order valence-electron chi connectivity index (χ3n) is 12.7. The monoisotopic (exact) mass is 641 g/mol. The van der Waals surface area contributed by atoms with Crippen LogP contribution < -0.4 is 5.73 Å². The average Bonchev–Trinajstić information content (AvgIpc) is 3.29. The Morgan fingerprint density at radius 3 is 2.33 bits per heavy atom. The molecule has 1 amide bonds. The predicted octanol–water partition coefficient (Wildman–Crippen LogP) is 3.65. The second-order valence-electron chi connectivity index (χ2n) is 14.9. The molecule has 0 aromatic heterocycles. The number of benzene rings is 1. The van der Waals surface area contributed by atoms with Gasteiger partial charge >= 0.3 is 0 Å². The lowest BCUT2D eigenvalue weighted by atomic mass is 9.57. The first-order valence-corrected chi connectivity index (χ1v) is 16.2. The molecule has 0 spiro atoms. The fourth-order valence-corrected chi connectivity index (χ4v) is 10.1. The molecule has 0 saturated heterocycles. The second-order valence-corrected chi connectivity index (χ2v) is 15.3. The number of Topliss-reactive ketones (excluding diaryl/α,β-unsaturated/α-hetero) is 2. The number of carbonyl (C=O) groups is 3. The number of carbonyl (C=O) groups excluding carboxylic acids is 3. The van der Waals surface area contributed by atoms with Gasteiger partial charge in [0.1, 0.15) is 22.8 Å². The number of phenols is 1. The number of primary amides is 1. The van der Waals surface area contributed by atoms with Gasteiger partial charge in [0.05, 0.1) is 11.6 Å². The summed E-state index contributed by atoms with van der Waals surface area (Å²) in [5.74, 6) is -6.12. The number of amides is 1. The van der Waals surface area contributed by atoms with Crippen LogP contribution in [-0.2, 0) is 27.3 Å². The Balaban J connectivity index is 1.41. The van der Waals surface area contributed by atoms with Gasteiger partial charge < -0.3 is 26.2 Å². The van der Waals surface area contributed by atoms with Gasteiger partial charge in [-0.1, -0.05) is 39.3 Å². The molecule has 0 radical (unpaired) electrons. The number of nitrogens with two attached hydrogens (primary N) is 1. The molecule has 1 aromatic carbocycles. The van der Waals surface area contributed by atoms with E-state index in [0.29, 0.717) is 29.1 Å². The number of aliphatic hydroxyl groups is 3. The van der Waals surface area contributed by atoms with Crippen molar-refractivity contribution < 1.29 is 34.8 Å². The number of halogens is 1. The maximum atomic E-state index is 14.1. The molecule has 5 aliphatic carbocycles. The van der Waals surface area contributed by atoms with Crippen molar-refractivity contribution in [3.8, 4) is 5.75 Å². The molecule has 244 valence electrons. The molecule has 5 aliphatic rings. The Bertz CT molecular complexity index is 1600. The van der Waals surface area contributed by atoms with Gasteiger partial charge in [-0.2, -0.15) is 0 Å².